The number of hydrogen-bond acceptors (Lipinski definition) is 2. The van der Waals surface area contributed by atoms with Gasteiger partial charge in [0.2, 0.25) is 0 Å². The SMILES string of the molecule is CC(NOC1CCCC1)c1ccc2c(c1)CCC2. The molecule has 0 amide bonds. The lowest BCUT2D eigenvalue weighted by atomic mass is 10.0. The van der Waals surface area contributed by atoms with E-state index in [9.17, 15) is 0 Å². The van der Waals surface area contributed by atoms with Crippen LogP contribution in [0.25, 0.3) is 0 Å². The molecular weight excluding hydrogens is 222 g/mol. The minimum Gasteiger partial charge on any atom is -0.298 e. The normalized spacial score (nSPS) is 21.2. The average molecular weight is 245 g/mol. The zero-order chi connectivity index (χ0) is 12.4. The van der Waals surface area contributed by atoms with Crippen LogP contribution in [0.1, 0.15) is 61.8 Å². The molecule has 1 unspecified atom stereocenters. The van der Waals surface area contributed by atoms with Crippen LogP contribution in [0.3, 0.4) is 0 Å². The van der Waals surface area contributed by atoms with Crippen LogP contribution in [0.4, 0.5) is 0 Å². The smallest absolute Gasteiger partial charge is 0.0790 e. The lowest BCUT2D eigenvalue weighted by Gasteiger charge is -2.18. The van der Waals surface area contributed by atoms with Crippen LogP contribution in [-0.2, 0) is 17.7 Å². The van der Waals surface area contributed by atoms with E-state index in [1.807, 2.05) is 0 Å². The van der Waals surface area contributed by atoms with Crippen molar-refractivity contribution >= 4 is 0 Å². The minimum absolute atomic E-state index is 0.288. The van der Waals surface area contributed by atoms with Crippen molar-refractivity contribution in [3.05, 3.63) is 34.9 Å². The quantitative estimate of drug-likeness (QED) is 0.817. The number of aryl methyl sites for hydroxylation is 2. The molecule has 0 heterocycles. The minimum atomic E-state index is 0.288. The molecule has 1 N–H and O–H groups in total. The second-order valence-corrected chi connectivity index (χ2v) is 5.75. The van der Waals surface area contributed by atoms with Crippen molar-refractivity contribution in [2.45, 2.75) is 64.0 Å². The maximum absolute atomic E-state index is 5.79. The Bertz CT molecular complexity index is 410. The first-order valence-corrected chi connectivity index (χ1v) is 7.36. The van der Waals surface area contributed by atoms with Crippen molar-refractivity contribution in [3.63, 3.8) is 0 Å². The Hall–Kier alpha value is -0.860. The lowest BCUT2D eigenvalue weighted by Crippen LogP contribution is -2.24. The summed E-state index contributed by atoms with van der Waals surface area (Å²) in [6, 6.07) is 7.19. The number of fused-ring (bicyclic) bond motifs is 1. The number of rotatable bonds is 4. The Morgan fingerprint density at radius 3 is 2.72 bits per heavy atom. The van der Waals surface area contributed by atoms with Gasteiger partial charge >= 0.3 is 0 Å². The van der Waals surface area contributed by atoms with Gasteiger partial charge in [-0.3, -0.25) is 4.84 Å². The molecule has 18 heavy (non-hydrogen) atoms. The first-order chi connectivity index (χ1) is 8.83. The van der Waals surface area contributed by atoms with Crippen LogP contribution in [0.2, 0.25) is 0 Å². The maximum Gasteiger partial charge on any atom is 0.0790 e. The maximum atomic E-state index is 5.79. The standard InChI is InChI=1S/C16H23NO/c1-12(17-18-16-7-2-3-8-16)14-10-9-13-5-4-6-15(13)11-14/h9-12,16-17H,2-8H2,1H3. The largest absolute Gasteiger partial charge is 0.298 e. The fourth-order valence-corrected chi connectivity index (χ4v) is 3.13. The Morgan fingerprint density at radius 2 is 1.89 bits per heavy atom. The van der Waals surface area contributed by atoms with Crippen molar-refractivity contribution in [1.82, 2.24) is 5.48 Å². The average Bonchev–Trinajstić information content (AvgIpc) is 3.05. The molecule has 3 rings (SSSR count). The Balaban J connectivity index is 1.59. The van der Waals surface area contributed by atoms with Crippen molar-refractivity contribution in [2.24, 2.45) is 0 Å². The van der Waals surface area contributed by atoms with E-state index in [2.05, 4.69) is 30.6 Å². The van der Waals surface area contributed by atoms with Gasteiger partial charge in [0.15, 0.2) is 0 Å². The molecule has 0 spiro atoms. The highest BCUT2D eigenvalue weighted by molar-refractivity contribution is 5.36. The summed E-state index contributed by atoms with van der Waals surface area (Å²) < 4.78 is 0. The number of hydrogen-bond donors (Lipinski definition) is 1. The summed E-state index contributed by atoms with van der Waals surface area (Å²) in [6.07, 6.45) is 9.32. The van der Waals surface area contributed by atoms with E-state index >= 15 is 0 Å². The molecule has 1 atom stereocenters. The van der Waals surface area contributed by atoms with Crippen LogP contribution in [0.5, 0.6) is 0 Å². The van der Waals surface area contributed by atoms with Gasteiger partial charge in [-0.15, -0.1) is 0 Å². The van der Waals surface area contributed by atoms with Crippen LogP contribution >= 0.6 is 0 Å². The summed E-state index contributed by atoms with van der Waals surface area (Å²) in [5.74, 6) is 0. The predicted octanol–water partition coefficient (Wildman–Crippen LogP) is 3.70. The molecular formula is C16H23NO. The molecule has 0 aliphatic heterocycles. The van der Waals surface area contributed by atoms with Crippen molar-refractivity contribution < 1.29 is 4.84 Å². The third-order valence-electron chi connectivity index (χ3n) is 4.34. The van der Waals surface area contributed by atoms with Crippen molar-refractivity contribution in [3.8, 4) is 0 Å². The van der Waals surface area contributed by atoms with E-state index in [0.717, 1.165) is 0 Å². The monoisotopic (exact) mass is 245 g/mol. The van der Waals surface area contributed by atoms with Crippen LogP contribution in [0, 0.1) is 0 Å². The lowest BCUT2D eigenvalue weighted by molar-refractivity contribution is -0.0376. The predicted molar refractivity (Wildman–Crippen MR) is 73.4 cm³/mol. The number of benzene rings is 1. The van der Waals surface area contributed by atoms with Crippen molar-refractivity contribution in [2.75, 3.05) is 0 Å². The Labute approximate surface area is 110 Å². The second kappa shape index (κ2) is 5.41. The van der Waals surface area contributed by atoms with Gasteiger partial charge in [-0.25, -0.2) is 0 Å². The van der Waals surface area contributed by atoms with Gasteiger partial charge in [0, 0.05) is 0 Å². The van der Waals surface area contributed by atoms with E-state index in [0.29, 0.717) is 6.10 Å². The molecule has 0 saturated heterocycles. The fourth-order valence-electron chi connectivity index (χ4n) is 3.13. The number of nitrogens with one attached hydrogen (secondary N) is 1. The molecule has 1 saturated carbocycles. The van der Waals surface area contributed by atoms with Crippen LogP contribution in [0.15, 0.2) is 18.2 Å². The van der Waals surface area contributed by atoms with E-state index in [-0.39, 0.29) is 6.04 Å². The summed E-state index contributed by atoms with van der Waals surface area (Å²) >= 11 is 0. The fraction of sp³-hybridized carbons (Fsp3) is 0.625. The first-order valence-electron chi connectivity index (χ1n) is 7.36. The van der Waals surface area contributed by atoms with Crippen LogP contribution in [-0.4, -0.2) is 6.10 Å². The molecule has 2 aliphatic carbocycles. The summed E-state index contributed by atoms with van der Waals surface area (Å²) in [5.41, 5.74) is 7.67. The summed E-state index contributed by atoms with van der Waals surface area (Å²) in [6.45, 7) is 2.19. The molecule has 0 aromatic heterocycles. The van der Waals surface area contributed by atoms with E-state index in [4.69, 9.17) is 4.84 Å². The zero-order valence-electron chi connectivity index (χ0n) is 11.2. The van der Waals surface area contributed by atoms with Gasteiger partial charge in [0.1, 0.15) is 0 Å². The molecule has 1 aromatic carbocycles. The van der Waals surface area contributed by atoms with Gasteiger partial charge in [-0.1, -0.05) is 31.0 Å². The molecule has 0 radical (unpaired) electrons. The summed E-state index contributed by atoms with van der Waals surface area (Å²) in [5, 5.41) is 0. The van der Waals surface area contributed by atoms with E-state index in [1.165, 1.54) is 50.5 Å². The summed E-state index contributed by atoms with van der Waals surface area (Å²) in [7, 11) is 0. The number of hydroxylamine groups is 1. The van der Waals surface area contributed by atoms with Gasteiger partial charge in [-0.05, 0) is 55.7 Å². The molecule has 0 bridgehead atoms. The zero-order valence-corrected chi connectivity index (χ0v) is 11.2. The molecule has 2 heteroatoms. The molecule has 1 aromatic rings. The van der Waals surface area contributed by atoms with Crippen molar-refractivity contribution in [1.29, 1.82) is 0 Å². The Morgan fingerprint density at radius 1 is 1.11 bits per heavy atom. The molecule has 2 aliphatic rings. The molecule has 2 nitrogen and oxygen atoms in total. The van der Waals surface area contributed by atoms with Gasteiger partial charge < -0.3 is 0 Å². The van der Waals surface area contributed by atoms with Gasteiger partial charge in [-0.2, -0.15) is 5.48 Å². The van der Waals surface area contributed by atoms with Gasteiger partial charge in [0.25, 0.3) is 0 Å². The second-order valence-electron chi connectivity index (χ2n) is 5.75. The highest BCUT2D eigenvalue weighted by atomic mass is 16.7. The molecule has 98 valence electrons. The topological polar surface area (TPSA) is 21.3 Å². The molecule has 1 fully saturated rings. The van der Waals surface area contributed by atoms with E-state index < -0.39 is 0 Å². The first kappa shape index (κ1) is 12.2. The Kier molecular flexibility index (Phi) is 3.67. The van der Waals surface area contributed by atoms with E-state index in [1.54, 1.807) is 11.1 Å². The third kappa shape index (κ3) is 2.60. The highest BCUT2D eigenvalue weighted by Crippen LogP contribution is 2.26. The third-order valence-corrected chi connectivity index (χ3v) is 4.34. The highest BCUT2D eigenvalue weighted by Gasteiger charge is 2.18. The van der Waals surface area contributed by atoms with Gasteiger partial charge in [0.05, 0.1) is 12.1 Å². The van der Waals surface area contributed by atoms with Crippen LogP contribution < -0.4 is 5.48 Å². The summed E-state index contributed by atoms with van der Waals surface area (Å²) in [4.78, 5) is 5.79.